The Bertz CT molecular complexity index is 846. The second-order valence-electron chi connectivity index (χ2n) is 4.42. The second kappa shape index (κ2) is 6.81. The van der Waals surface area contributed by atoms with E-state index >= 15 is 0 Å². The number of amides is 1. The molecule has 23 heavy (non-hydrogen) atoms. The Labute approximate surface area is 136 Å². The number of methoxy groups -OCH3 is 1. The van der Waals surface area contributed by atoms with Gasteiger partial charge in [-0.05, 0) is 24.3 Å². The largest absolute Gasteiger partial charge is 0.465 e. The van der Waals surface area contributed by atoms with Gasteiger partial charge < -0.3 is 14.9 Å². The molecule has 0 bridgehead atoms. The average molecular weight is 331 g/mol. The number of ether oxygens (including phenoxy) is 1. The Kier molecular flexibility index (Phi) is 4.84. The maximum Gasteiger partial charge on any atom is 0.339 e. The zero-order valence-electron chi connectivity index (χ0n) is 12.0. The highest BCUT2D eigenvalue weighted by Gasteiger charge is 2.13. The molecule has 1 aromatic heterocycles. The fourth-order valence-corrected chi connectivity index (χ4v) is 2.09. The van der Waals surface area contributed by atoms with Gasteiger partial charge in [-0.2, -0.15) is 5.26 Å². The molecule has 0 unspecified atom stereocenters. The Morgan fingerprint density at radius 3 is 2.65 bits per heavy atom. The van der Waals surface area contributed by atoms with E-state index in [0.29, 0.717) is 17.1 Å². The molecule has 0 aliphatic rings. The first-order chi connectivity index (χ1) is 11.0. The lowest BCUT2D eigenvalue weighted by Gasteiger charge is -2.04. The third-order valence-electron chi connectivity index (χ3n) is 2.96. The molecule has 116 valence electrons. The van der Waals surface area contributed by atoms with Gasteiger partial charge in [0.05, 0.1) is 17.7 Å². The van der Waals surface area contributed by atoms with Crippen molar-refractivity contribution in [2.24, 2.45) is 5.73 Å². The average Bonchev–Trinajstić information content (AvgIpc) is 3.00. The van der Waals surface area contributed by atoms with E-state index < -0.39 is 11.9 Å². The highest BCUT2D eigenvalue weighted by Crippen LogP contribution is 2.28. The summed E-state index contributed by atoms with van der Waals surface area (Å²) in [6.07, 6.45) is 1.25. The van der Waals surface area contributed by atoms with Gasteiger partial charge in [0.2, 0.25) is 0 Å². The molecule has 6 nitrogen and oxygen atoms in total. The summed E-state index contributed by atoms with van der Waals surface area (Å²) in [5.41, 5.74) is 5.71. The molecular formula is C16H11ClN2O4. The summed E-state index contributed by atoms with van der Waals surface area (Å²) >= 11 is 6.05. The summed E-state index contributed by atoms with van der Waals surface area (Å²) in [7, 11) is 1.27. The first-order valence-electron chi connectivity index (χ1n) is 6.36. The van der Waals surface area contributed by atoms with Crippen molar-refractivity contribution in [3.05, 3.63) is 52.3 Å². The SMILES string of the molecule is COC(=O)c1ccc(-c2ccc(/C=C(\C#N)C(N)=O)o2)cc1Cl. The number of benzene rings is 1. The number of hydrogen-bond donors (Lipinski definition) is 1. The molecule has 0 aliphatic heterocycles. The fraction of sp³-hybridized carbons (Fsp3) is 0.0625. The van der Waals surface area contributed by atoms with E-state index in [1.807, 2.05) is 0 Å². The Hall–Kier alpha value is -3.04. The normalized spacial score (nSPS) is 10.9. The van der Waals surface area contributed by atoms with Gasteiger partial charge in [-0.1, -0.05) is 17.7 Å². The molecule has 0 saturated carbocycles. The number of nitrogens with two attached hydrogens (primary N) is 1. The standard InChI is InChI=1S/C16H11ClN2O4/c1-22-16(21)12-4-2-9(7-13(12)17)14-5-3-11(23-14)6-10(8-18)15(19)20/h2-7H,1H3,(H2,19,20)/b10-6+. The molecule has 2 N–H and O–H groups in total. The van der Waals surface area contributed by atoms with Crippen molar-refractivity contribution in [1.82, 2.24) is 0 Å². The quantitative estimate of drug-likeness (QED) is 0.527. The lowest BCUT2D eigenvalue weighted by atomic mass is 10.1. The van der Waals surface area contributed by atoms with Crippen molar-refractivity contribution >= 4 is 29.6 Å². The number of rotatable bonds is 4. The monoisotopic (exact) mass is 330 g/mol. The number of hydrogen-bond acceptors (Lipinski definition) is 5. The zero-order chi connectivity index (χ0) is 17.0. The van der Waals surface area contributed by atoms with Crippen LogP contribution < -0.4 is 5.73 Å². The van der Waals surface area contributed by atoms with E-state index in [1.165, 1.54) is 19.3 Å². The van der Waals surface area contributed by atoms with E-state index in [-0.39, 0.29) is 16.2 Å². The van der Waals surface area contributed by atoms with Gasteiger partial charge in [0.15, 0.2) is 0 Å². The van der Waals surface area contributed by atoms with E-state index in [9.17, 15) is 9.59 Å². The van der Waals surface area contributed by atoms with Crippen LogP contribution in [-0.4, -0.2) is 19.0 Å². The van der Waals surface area contributed by atoms with Crippen molar-refractivity contribution in [3.63, 3.8) is 0 Å². The minimum Gasteiger partial charge on any atom is -0.465 e. The topological polar surface area (TPSA) is 106 Å². The third-order valence-corrected chi connectivity index (χ3v) is 3.27. The van der Waals surface area contributed by atoms with Gasteiger partial charge in [0.25, 0.3) is 5.91 Å². The molecule has 1 amide bonds. The summed E-state index contributed by atoms with van der Waals surface area (Å²) in [6, 6.07) is 9.63. The number of primary amides is 1. The first-order valence-corrected chi connectivity index (χ1v) is 6.73. The summed E-state index contributed by atoms with van der Waals surface area (Å²) in [6.45, 7) is 0. The summed E-state index contributed by atoms with van der Waals surface area (Å²) in [5.74, 6) is -0.625. The van der Waals surface area contributed by atoms with Crippen LogP contribution in [0.4, 0.5) is 0 Å². The Morgan fingerprint density at radius 1 is 1.35 bits per heavy atom. The Morgan fingerprint density at radius 2 is 2.09 bits per heavy atom. The fourth-order valence-electron chi connectivity index (χ4n) is 1.83. The Balaban J connectivity index is 2.35. The molecule has 0 saturated heterocycles. The molecular weight excluding hydrogens is 320 g/mol. The van der Waals surface area contributed by atoms with Crippen LogP contribution in [-0.2, 0) is 9.53 Å². The number of carbonyl (C=O) groups excluding carboxylic acids is 2. The van der Waals surface area contributed by atoms with Crippen molar-refractivity contribution in [2.45, 2.75) is 0 Å². The smallest absolute Gasteiger partial charge is 0.339 e. The van der Waals surface area contributed by atoms with Crippen molar-refractivity contribution in [3.8, 4) is 17.4 Å². The van der Waals surface area contributed by atoms with Crippen molar-refractivity contribution in [2.75, 3.05) is 7.11 Å². The molecule has 1 aromatic carbocycles. The molecule has 0 atom stereocenters. The van der Waals surface area contributed by atoms with Crippen LogP contribution in [0.5, 0.6) is 0 Å². The minimum absolute atomic E-state index is 0.218. The predicted molar refractivity (Wildman–Crippen MR) is 83.3 cm³/mol. The van der Waals surface area contributed by atoms with Crippen LogP contribution in [0, 0.1) is 11.3 Å². The predicted octanol–water partition coefficient (Wildman–Crippen LogP) is 2.78. The number of carbonyl (C=O) groups is 2. The number of halogens is 1. The summed E-state index contributed by atoms with van der Waals surface area (Å²) in [4.78, 5) is 22.5. The minimum atomic E-state index is -0.837. The van der Waals surface area contributed by atoms with Gasteiger partial charge >= 0.3 is 5.97 Å². The molecule has 2 rings (SSSR count). The highest BCUT2D eigenvalue weighted by molar-refractivity contribution is 6.33. The van der Waals surface area contributed by atoms with Gasteiger partial charge in [-0.15, -0.1) is 0 Å². The van der Waals surface area contributed by atoms with Crippen LogP contribution in [0.2, 0.25) is 5.02 Å². The molecule has 0 radical (unpaired) electrons. The molecule has 0 aliphatic carbocycles. The maximum atomic E-state index is 11.5. The van der Waals surface area contributed by atoms with Crippen LogP contribution in [0.25, 0.3) is 17.4 Å². The molecule has 2 aromatic rings. The van der Waals surface area contributed by atoms with E-state index in [2.05, 4.69) is 4.74 Å². The first kappa shape index (κ1) is 16.3. The zero-order valence-corrected chi connectivity index (χ0v) is 12.8. The number of furan rings is 1. The summed E-state index contributed by atoms with van der Waals surface area (Å²) in [5, 5.41) is 9.02. The lowest BCUT2D eigenvalue weighted by molar-refractivity contribution is -0.114. The van der Waals surface area contributed by atoms with Crippen LogP contribution in [0.3, 0.4) is 0 Å². The van der Waals surface area contributed by atoms with Crippen molar-refractivity contribution < 1.29 is 18.7 Å². The van der Waals surface area contributed by atoms with Gasteiger partial charge in [-0.25, -0.2) is 4.79 Å². The van der Waals surface area contributed by atoms with Crippen LogP contribution >= 0.6 is 11.6 Å². The van der Waals surface area contributed by atoms with Gasteiger partial charge in [0, 0.05) is 11.6 Å². The molecule has 7 heteroatoms. The number of nitriles is 1. The number of esters is 1. The summed E-state index contributed by atoms with van der Waals surface area (Å²) < 4.78 is 10.1. The highest BCUT2D eigenvalue weighted by atomic mass is 35.5. The maximum absolute atomic E-state index is 11.5. The van der Waals surface area contributed by atoms with E-state index in [1.54, 1.807) is 30.3 Å². The molecule has 0 spiro atoms. The third kappa shape index (κ3) is 3.59. The number of nitrogens with zero attached hydrogens (tertiary/aromatic N) is 1. The van der Waals surface area contributed by atoms with Gasteiger partial charge in [-0.3, -0.25) is 4.79 Å². The molecule has 0 fully saturated rings. The molecule has 1 heterocycles. The van der Waals surface area contributed by atoms with Gasteiger partial charge in [0.1, 0.15) is 23.2 Å². The van der Waals surface area contributed by atoms with Crippen LogP contribution in [0.15, 0.2) is 40.3 Å². The van der Waals surface area contributed by atoms with Crippen LogP contribution in [0.1, 0.15) is 16.1 Å². The van der Waals surface area contributed by atoms with E-state index in [4.69, 9.17) is 27.0 Å². The lowest BCUT2D eigenvalue weighted by Crippen LogP contribution is -2.12. The van der Waals surface area contributed by atoms with E-state index in [0.717, 1.165) is 0 Å². The second-order valence-corrected chi connectivity index (χ2v) is 4.83. The van der Waals surface area contributed by atoms with Crippen molar-refractivity contribution in [1.29, 1.82) is 5.26 Å².